The highest BCUT2D eigenvalue weighted by atomic mass is 79.9. The summed E-state index contributed by atoms with van der Waals surface area (Å²) >= 11 is 5.06. The monoisotopic (exact) mass is 307 g/mol. The lowest BCUT2D eigenvalue weighted by molar-refractivity contribution is 0.999. The van der Waals surface area contributed by atoms with Crippen molar-refractivity contribution in [3.05, 3.63) is 34.3 Å². The molecule has 0 radical (unpaired) electrons. The van der Waals surface area contributed by atoms with Gasteiger partial charge in [0.2, 0.25) is 0 Å². The minimum atomic E-state index is 0. The number of hydrogen-bond donors (Lipinski definition) is 1. The summed E-state index contributed by atoms with van der Waals surface area (Å²) in [5.74, 6) is 0.901. The topological polar surface area (TPSA) is 23.9 Å². The molecule has 0 unspecified atom stereocenters. The van der Waals surface area contributed by atoms with Crippen LogP contribution < -0.4 is 0 Å². The highest BCUT2D eigenvalue weighted by molar-refractivity contribution is 9.10. The van der Waals surface area contributed by atoms with Crippen LogP contribution in [0, 0.1) is 5.41 Å². The van der Waals surface area contributed by atoms with E-state index in [1.807, 2.05) is 12.1 Å². The highest BCUT2D eigenvalue weighted by Crippen LogP contribution is 2.18. The van der Waals surface area contributed by atoms with E-state index in [1.54, 1.807) is 11.8 Å². The minimum Gasteiger partial charge on any atom is -0.298 e. The lowest BCUT2D eigenvalue weighted by Crippen LogP contribution is -1.90. The molecule has 0 fully saturated rings. The third kappa shape index (κ3) is 6.23. The second-order valence-electron chi connectivity index (χ2n) is 3.09. The molecule has 1 aromatic rings. The van der Waals surface area contributed by atoms with Crippen LogP contribution in [0.2, 0.25) is 0 Å². The Balaban J connectivity index is 0.00000196. The fourth-order valence-electron chi connectivity index (χ4n) is 1.10. The van der Waals surface area contributed by atoms with Crippen molar-refractivity contribution in [1.82, 2.24) is 0 Å². The summed E-state index contributed by atoms with van der Waals surface area (Å²) in [6.45, 7) is 2.11. The van der Waals surface area contributed by atoms with Crippen molar-refractivity contribution < 1.29 is 0 Å². The van der Waals surface area contributed by atoms with Gasteiger partial charge in [0.05, 0.1) is 5.04 Å². The van der Waals surface area contributed by atoms with Crippen LogP contribution >= 0.6 is 40.1 Å². The van der Waals surface area contributed by atoms with Gasteiger partial charge >= 0.3 is 0 Å². The maximum Gasteiger partial charge on any atom is 0.0644 e. The van der Waals surface area contributed by atoms with Gasteiger partial charge in [-0.15, -0.1) is 24.2 Å². The third-order valence-electron chi connectivity index (χ3n) is 1.78. The van der Waals surface area contributed by atoms with Crippen molar-refractivity contribution in [2.75, 3.05) is 0 Å². The molecule has 84 valence electrons. The molecular formula is C11H15BrClNS. The molecule has 0 aliphatic rings. The molecule has 15 heavy (non-hydrogen) atoms. The van der Waals surface area contributed by atoms with Gasteiger partial charge in [-0.2, -0.15) is 0 Å². The molecular weight excluding hydrogens is 294 g/mol. The predicted molar refractivity (Wildman–Crippen MR) is 75.3 cm³/mol. The maximum atomic E-state index is 7.64. The van der Waals surface area contributed by atoms with E-state index in [9.17, 15) is 0 Å². The zero-order valence-electron chi connectivity index (χ0n) is 8.63. The average molecular weight is 309 g/mol. The van der Waals surface area contributed by atoms with Gasteiger partial charge in [0.1, 0.15) is 0 Å². The van der Waals surface area contributed by atoms with E-state index in [4.69, 9.17) is 5.41 Å². The molecule has 0 amide bonds. The Morgan fingerprint density at radius 3 is 2.80 bits per heavy atom. The Kier molecular flexibility index (Phi) is 8.20. The van der Waals surface area contributed by atoms with Crippen molar-refractivity contribution in [2.45, 2.75) is 25.5 Å². The molecule has 0 aliphatic carbocycles. The van der Waals surface area contributed by atoms with E-state index in [2.05, 4.69) is 35.0 Å². The Morgan fingerprint density at radius 1 is 1.47 bits per heavy atom. The van der Waals surface area contributed by atoms with Gasteiger partial charge in [-0.1, -0.05) is 41.4 Å². The third-order valence-corrected chi connectivity index (χ3v) is 3.30. The van der Waals surface area contributed by atoms with Crippen molar-refractivity contribution in [3.8, 4) is 0 Å². The first kappa shape index (κ1) is 15.0. The second-order valence-corrected chi connectivity index (χ2v) is 5.08. The van der Waals surface area contributed by atoms with Crippen LogP contribution in [0.1, 0.15) is 25.3 Å². The Bertz CT molecular complexity index is 317. The van der Waals surface area contributed by atoms with Gasteiger partial charge in [-0.05, 0) is 24.1 Å². The molecule has 0 bridgehead atoms. The molecule has 0 spiro atoms. The molecule has 0 saturated carbocycles. The molecule has 0 saturated heterocycles. The van der Waals surface area contributed by atoms with Gasteiger partial charge in [-0.3, -0.25) is 5.41 Å². The van der Waals surface area contributed by atoms with Crippen molar-refractivity contribution in [2.24, 2.45) is 0 Å². The van der Waals surface area contributed by atoms with Crippen molar-refractivity contribution in [1.29, 1.82) is 5.41 Å². The van der Waals surface area contributed by atoms with Crippen molar-refractivity contribution in [3.63, 3.8) is 0 Å². The molecule has 0 atom stereocenters. The Morgan fingerprint density at radius 2 is 2.20 bits per heavy atom. The summed E-state index contributed by atoms with van der Waals surface area (Å²) in [5, 5.41) is 8.43. The van der Waals surface area contributed by atoms with Crippen LogP contribution in [0.25, 0.3) is 0 Å². The van der Waals surface area contributed by atoms with E-state index in [-0.39, 0.29) is 12.4 Å². The largest absolute Gasteiger partial charge is 0.298 e. The van der Waals surface area contributed by atoms with E-state index in [0.717, 1.165) is 28.1 Å². The van der Waals surface area contributed by atoms with Crippen LogP contribution in [0.3, 0.4) is 0 Å². The van der Waals surface area contributed by atoms with E-state index in [1.165, 1.54) is 5.56 Å². The molecule has 0 aliphatic heterocycles. The zero-order valence-corrected chi connectivity index (χ0v) is 11.8. The van der Waals surface area contributed by atoms with Gasteiger partial charge < -0.3 is 0 Å². The van der Waals surface area contributed by atoms with Gasteiger partial charge in [0.15, 0.2) is 0 Å². The van der Waals surface area contributed by atoms with Crippen LogP contribution in [0.5, 0.6) is 0 Å². The molecule has 0 aromatic heterocycles. The smallest absolute Gasteiger partial charge is 0.0644 e. The molecule has 1 N–H and O–H groups in total. The van der Waals surface area contributed by atoms with E-state index in [0.29, 0.717) is 0 Å². The van der Waals surface area contributed by atoms with Crippen LogP contribution in [0.15, 0.2) is 28.7 Å². The molecule has 1 rings (SSSR count). The molecule has 1 nitrogen and oxygen atoms in total. The molecule has 0 heterocycles. The summed E-state index contributed by atoms with van der Waals surface area (Å²) in [4.78, 5) is 0. The highest BCUT2D eigenvalue weighted by Gasteiger charge is 1.98. The number of halogens is 2. The standard InChI is InChI=1S/C11H14BrNS.ClH/c1-2-4-11(13)14-8-9-5-3-6-10(12)7-9;/h3,5-7,13H,2,4,8H2,1H3;1H. The number of benzene rings is 1. The number of rotatable bonds is 4. The number of hydrogen-bond acceptors (Lipinski definition) is 2. The summed E-state index contributed by atoms with van der Waals surface area (Å²) in [6.07, 6.45) is 1.96. The van der Waals surface area contributed by atoms with E-state index >= 15 is 0 Å². The number of nitrogens with one attached hydrogen (secondary N) is 1. The first-order valence-electron chi connectivity index (χ1n) is 4.67. The lowest BCUT2D eigenvalue weighted by Gasteiger charge is -2.02. The number of thioether (sulfide) groups is 1. The quantitative estimate of drug-likeness (QED) is 0.622. The van der Waals surface area contributed by atoms with Gasteiger partial charge in [-0.25, -0.2) is 0 Å². The summed E-state index contributed by atoms with van der Waals surface area (Å²) in [7, 11) is 0. The Hall–Kier alpha value is 0.01000. The SMILES string of the molecule is CCCC(=N)SCc1cccc(Br)c1.Cl. The van der Waals surface area contributed by atoms with Gasteiger partial charge in [0, 0.05) is 10.2 Å². The van der Waals surface area contributed by atoms with Crippen LogP contribution in [-0.4, -0.2) is 5.04 Å². The minimum absolute atomic E-state index is 0. The fraction of sp³-hybridized carbons (Fsp3) is 0.364. The molecule has 1 aromatic carbocycles. The maximum absolute atomic E-state index is 7.64. The molecule has 4 heteroatoms. The summed E-state index contributed by atoms with van der Waals surface area (Å²) in [5.41, 5.74) is 1.27. The first-order chi connectivity index (χ1) is 6.72. The fourth-order valence-corrected chi connectivity index (χ4v) is 2.41. The van der Waals surface area contributed by atoms with E-state index < -0.39 is 0 Å². The average Bonchev–Trinajstić information content (AvgIpc) is 2.15. The normalized spacial score (nSPS) is 9.47. The van der Waals surface area contributed by atoms with Gasteiger partial charge in [0.25, 0.3) is 0 Å². The lowest BCUT2D eigenvalue weighted by atomic mass is 10.2. The van der Waals surface area contributed by atoms with Crippen LogP contribution in [0.4, 0.5) is 0 Å². The summed E-state index contributed by atoms with van der Waals surface area (Å²) in [6, 6.07) is 8.25. The summed E-state index contributed by atoms with van der Waals surface area (Å²) < 4.78 is 1.11. The second kappa shape index (κ2) is 8.20. The Labute approximate surface area is 110 Å². The van der Waals surface area contributed by atoms with Crippen LogP contribution in [-0.2, 0) is 5.75 Å². The van der Waals surface area contributed by atoms with Crippen molar-refractivity contribution >= 4 is 45.1 Å². The zero-order chi connectivity index (χ0) is 10.4. The predicted octanol–water partition coefficient (Wildman–Crippen LogP) is 4.88. The first-order valence-corrected chi connectivity index (χ1v) is 6.45.